The highest BCUT2D eigenvalue weighted by Crippen LogP contribution is 2.18. The van der Waals surface area contributed by atoms with E-state index in [1.807, 2.05) is 0 Å². The molecule has 0 aromatic carbocycles. The van der Waals surface area contributed by atoms with E-state index in [1.54, 1.807) is 0 Å². The van der Waals surface area contributed by atoms with Crippen LogP contribution in [0.5, 0.6) is 0 Å². The predicted molar refractivity (Wildman–Crippen MR) is 92.5 cm³/mol. The molecule has 1 aliphatic rings. The summed E-state index contributed by atoms with van der Waals surface area (Å²) in [7, 11) is 1.51. The minimum absolute atomic E-state index is 0.147. The van der Waals surface area contributed by atoms with Crippen molar-refractivity contribution in [3.05, 3.63) is 12.2 Å². The minimum Gasteiger partial charge on any atom is -0.396 e. The molecule has 0 aromatic heterocycles. The van der Waals surface area contributed by atoms with E-state index in [-0.39, 0.29) is 12.6 Å². The Balaban J connectivity index is 2.01. The van der Waals surface area contributed by atoms with Crippen LogP contribution in [0.15, 0.2) is 12.2 Å². The average molecular weight is 343 g/mol. The molecule has 1 aliphatic heterocycles. The lowest BCUT2D eigenvalue weighted by molar-refractivity contribution is -0.119. The molecule has 1 saturated heterocycles. The molecule has 1 fully saturated rings. The Bertz CT molecular complexity index is 374. The molecule has 6 nitrogen and oxygen atoms in total. The van der Waals surface area contributed by atoms with Crippen LogP contribution in [0.4, 0.5) is 0 Å². The van der Waals surface area contributed by atoms with Crippen LogP contribution in [0, 0.1) is 0 Å². The van der Waals surface area contributed by atoms with Gasteiger partial charge in [0.15, 0.2) is 0 Å². The molecule has 0 radical (unpaired) electrons. The number of carbonyl (C=O) groups is 1. The molecule has 4 N–H and O–H groups in total. The molecular formula is C18H33NO5. The van der Waals surface area contributed by atoms with Gasteiger partial charge in [-0.25, -0.2) is 0 Å². The van der Waals surface area contributed by atoms with Crippen molar-refractivity contribution in [1.82, 2.24) is 5.32 Å². The summed E-state index contributed by atoms with van der Waals surface area (Å²) in [5.41, 5.74) is 0. The van der Waals surface area contributed by atoms with E-state index < -0.39 is 18.4 Å². The number of Topliss-reactive ketones (excluding diaryl/α,β-unsaturated/α-hetero) is 1. The quantitative estimate of drug-likeness (QED) is 0.297. The number of nitrogens with one attached hydrogen (secondary N) is 1. The van der Waals surface area contributed by atoms with E-state index in [0.717, 1.165) is 38.5 Å². The smallest absolute Gasteiger partial charge is 0.136 e. The number of rotatable bonds is 13. The topological polar surface area (TPSA) is 99.0 Å². The Kier molecular flexibility index (Phi) is 11.1. The molecule has 6 heteroatoms. The summed E-state index contributed by atoms with van der Waals surface area (Å²) in [5, 5.41) is 31.4. The van der Waals surface area contributed by atoms with Crippen molar-refractivity contribution < 1.29 is 24.9 Å². The summed E-state index contributed by atoms with van der Waals surface area (Å²) < 4.78 is 5.07. The van der Waals surface area contributed by atoms with Crippen molar-refractivity contribution in [2.45, 2.75) is 82.3 Å². The molecule has 0 aromatic rings. The predicted octanol–water partition coefficient (Wildman–Crippen LogP) is 1.28. The van der Waals surface area contributed by atoms with Gasteiger partial charge >= 0.3 is 0 Å². The molecule has 0 unspecified atom stereocenters. The van der Waals surface area contributed by atoms with Crippen molar-refractivity contribution in [2.24, 2.45) is 0 Å². The standard InChI is InChI=1S/C18H33NO5/c1-24-18-17(23)16(22)15(19-18)12-7-5-3-2-4-6-10-14(21)11-8-9-13-20/h3,5,15-20,22-23H,2,4,6-13H2,1H3/b5-3+/t15-,16-,17-,18-/m1/s1. The van der Waals surface area contributed by atoms with Gasteiger partial charge in [-0.2, -0.15) is 0 Å². The van der Waals surface area contributed by atoms with E-state index in [9.17, 15) is 15.0 Å². The lowest BCUT2D eigenvalue weighted by Gasteiger charge is -2.13. The fourth-order valence-corrected chi connectivity index (χ4v) is 2.94. The Hall–Kier alpha value is -0.790. The number of carbonyl (C=O) groups excluding carboxylic acids is 1. The third-order valence-corrected chi connectivity index (χ3v) is 4.46. The van der Waals surface area contributed by atoms with Gasteiger partial charge in [-0.05, 0) is 44.9 Å². The van der Waals surface area contributed by atoms with E-state index in [1.165, 1.54) is 7.11 Å². The monoisotopic (exact) mass is 343 g/mol. The summed E-state index contributed by atoms with van der Waals surface area (Å²) >= 11 is 0. The molecule has 0 spiro atoms. The van der Waals surface area contributed by atoms with Gasteiger partial charge in [0.05, 0.1) is 6.10 Å². The summed E-state index contributed by atoms with van der Waals surface area (Å²) in [6.07, 6.45) is 9.19. The number of ether oxygens (including phenoxy) is 1. The summed E-state index contributed by atoms with van der Waals surface area (Å²) in [5.74, 6) is 0.292. The maximum atomic E-state index is 11.5. The van der Waals surface area contributed by atoms with Crippen molar-refractivity contribution in [3.63, 3.8) is 0 Å². The van der Waals surface area contributed by atoms with Gasteiger partial charge in [-0.1, -0.05) is 12.2 Å². The SMILES string of the molecule is CO[C@H]1N[C@H](CC/C=C/CCCCC(=O)CCCCO)[C@@H](O)[C@H]1O. The van der Waals surface area contributed by atoms with E-state index in [0.29, 0.717) is 25.0 Å². The number of unbranched alkanes of at least 4 members (excludes halogenated alkanes) is 3. The third-order valence-electron chi connectivity index (χ3n) is 4.46. The Morgan fingerprint density at radius 2 is 1.71 bits per heavy atom. The zero-order chi connectivity index (χ0) is 17.8. The van der Waals surface area contributed by atoms with Crippen LogP contribution >= 0.6 is 0 Å². The van der Waals surface area contributed by atoms with Gasteiger partial charge in [0.25, 0.3) is 0 Å². The van der Waals surface area contributed by atoms with Gasteiger partial charge in [-0.3, -0.25) is 10.1 Å². The minimum atomic E-state index is -0.876. The highest BCUT2D eigenvalue weighted by molar-refractivity contribution is 5.78. The van der Waals surface area contributed by atoms with Crippen molar-refractivity contribution in [3.8, 4) is 0 Å². The van der Waals surface area contributed by atoms with Crippen LogP contribution < -0.4 is 5.32 Å². The molecule has 4 atom stereocenters. The maximum Gasteiger partial charge on any atom is 0.136 e. The highest BCUT2D eigenvalue weighted by atomic mass is 16.5. The first kappa shape index (κ1) is 21.3. The number of methoxy groups -OCH3 is 1. The normalized spacial score (nSPS) is 27.2. The van der Waals surface area contributed by atoms with Crippen LogP contribution in [0.1, 0.15) is 57.8 Å². The number of aliphatic hydroxyl groups is 3. The highest BCUT2D eigenvalue weighted by Gasteiger charge is 2.40. The summed E-state index contributed by atoms with van der Waals surface area (Å²) in [6.45, 7) is 0.163. The van der Waals surface area contributed by atoms with Crippen LogP contribution in [-0.4, -0.2) is 59.3 Å². The van der Waals surface area contributed by atoms with Crippen LogP contribution in [0.3, 0.4) is 0 Å². The number of hydrogen-bond donors (Lipinski definition) is 4. The van der Waals surface area contributed by atoms with Crippen LogP contribution in [0.2, 0.25) is 0 Å². The molecular weight excluding hydrogens is 310 g/mol. The first-order valence-corrected chi connectivity index (χ1v) is 9.02. The number of allylic oxidation sites excluding steroid dienone is 2. The third kappa shape index (κ3) is 7.85. The van der Waals surface area contributed by atoms with E-state index >= 15 is 0 Å². The Morgan fingerprint density at radius 3 is 2.33 bits per heavy atom. The first-order chi connectivity index (χ1) is 11.6. The number of ketones is 1. The Labute approximate surface area is 144 Å². The zero-order valence-corrected chi connectivity index (χ0v) is 14.7. The van der Waals surface area contributed by atoms with Gasteiger partial charge in [0, 0.05) is 32.6 Å². The molecule has 0 amide bonds. The van der Waals surface area contributed by atoms with Gasteiger partial charge < -0.3 is 20.1 Å². The average Bonchev–Trinajstić information content (AvgIpc) is 2.85. The summed E-state index contributed by atoms with van der Waals surface area (Å²) in [4.78, 5) is 11.5. The zero-order valence-electron chi connectivity index (χ0n) is 14.7. The second-order valence-electron chi connectivity index (χ2n) is 6.42. The molecule has 1 rings (SSSR count). The first-order valence-electron chi connectivity index (χ1n) is 9.02. The molecule has 0 saturated carbocycles. The second kappa shape index (κ2) is 12.6. The number of hydrogen-bond acceptors (Lipinski definition) is 6. The molecule has 0 aliphatic carbocycles. The molecule has 24 heavy (non-hydrogen) atoms. The van der Waals surface area contributed by atoms with E-state index in [4.69, 9.17) is 9.84 Å². The fourth-order valence-electron chi connectivity index (χ4n) is 2.94. The number of aliphatic hydroxyl groups excluding tert-OH is 3. The van der Waals surface area contributed by atoms with Crippen LogP contribution in [0.25, 0.3) is 0 Å². The van der Waals surface area contributed by atoms with E-state index in [2.05, 4.69) is 17.5 Å². The van der Waals surface area contributed by atoms with Gasteiger partial charge in [-0.15, -0.1) is 0 Å². The van der Waals surface area contributed by atoms with Crippen LogP contribution in [-0.2, 0) is 9.53 Å². The second-order valence-corrected chi connectivity index (χ2v) is 6.42. The summed E-state index contributed by atoms with van der Waals surface area (Å²) in [6, 6.07) is -0.147. The largest absolute Gasteiger partial charge is 0.396 e. The Morgan fingerprint density at radius 1 is 1.04 bits per heavy atom. The van der Waals surface area contributed by atoms with Crippen molar-refractivity contribution in [2.75, 3.05) is 13.7 Å². The van der Waals surface area contributed by atoms with Crippen molar-refractivity contribution in [1.29, 1.82) is 0 Å². The molecule has 140 valence electrons. The molecule has 1 heterocycles. The molecule has 0 bridgehead atoms. The lowest BCUT2D eigenvalue weighted by atomic mass is 10.0. The maximum absolute atomic E-state index is 11.5. The lowest BCUT2D eigenvalue weighted by Crippen LogP contribution is -2.34. The van der Waals surface area contributed by atoms with Gasteiger partial charge in [0.1, 0.15) is 18.1 Å². The van der Waals surface area contributed by atoms with Gasteiger partial charge in [0.2, 0.25) is 0 Å². The fraction of sp³-hybridized carbons (Fsp3) is 0.833. The van der Waals surface area contributed by atoms with Crippen molar-refractivity contribution >= 4 is 5.78 Å².